The number of fused-ring (bicyclic) bond motifs is 12. The number of thioether (sulfide) groups is 2. The Morgan fingerprint density at radius 3 is 2.24 bits per heavy atom. The minimum absolute atomic E-state index is 0.153. The molecule has 1 aliphatic heterocycles. The zero-order valence-electron chi connectivity index (χ0n) is 27.9. The summed E-state index contributed by atoms with van der Waals surface area (Å²) in [5, 5.41) is 9.96. The smallest absolute Gasteiger partial charge is 0.119 e. The Morgan fingerprint density at radius 1 is 0.784 bits per heavy atom. The lowest BCUT2D eigenvalue weighted by atomic mass is 9.69. The minimum atomic E-state index is -0.509. The zero-order valence-corrected chi connectivity index (χ0v) is 29.6. The monoisotopic (exact) mass is 696 g/mol. The highest BCUT2D eigenvalue weighted by molar-refractivity contribution is 8.02. The Labute approximate surface area is 307 Å². The van der Waals surface area contributed by atoms with Gasteiger partial charge in [0.1, 0.15) is 5.37 Å². The average molecular weight is 697 g/mol. The summed E-state index contributed by atoms with van der Waals surface area (Å²) in [6.45, 7) is 0. The van der Waals surface area contributed by atoms with Crippen molar-refractivity contribution in [2.24, 2.45) is 11.5 Å². The Kier molecular flexibility index (Phi) is 8.06. The molecule has 4 nitrogen and oxygen atoms in total. The summed E-state index contributed by atoms with van der Waals surface area (Å²) in [4.78, 5) is 4.90. The summed E-state index contributed by atoms with van der Waals surface area (Å²) < 4.78 is 0. The lowest BCUT2D eigenvalue weighted by molar-refractivity contribution is 0.794. The van der Waals surface area contributed by atoms with Crippen molar-refractivity contribution >= 4 is 39.9 Å². The molecule has 1 aromatic heterocycles. The first kappa shape index (κ1) is 31.5. The molecular weight excluding hydrogens is 661 g/mol. The van der Waals surface area contributed by atoms with Gasteiger partial charge in [-0.15, -0.1) is 23.5 Å². The van der Waals surface area contributed by atoms with Gasteiger partial charge in [-0.3, -0.25) is 4.98 Å². The minimum Gasteiger partial charge on any atom is -0.404 e. The lowest BCUT2D eigenvalue weighted by Crippen LogP contribution is -2.26. The molecule has 2 heterocycles. The molecule has 6 aromatic rings. The van der Waals surface area contributed by atoms with Crippen molar-refractivity contribution in [3.8, 4) is 33.4 Å². The molecule has 248 valence electrons. The Morgan fingerprint density at radius 2 is 1.53 bits per heavy atom. The Balaban J connectivity index is 1.28. The molecule has 0 saturated heterocycles. The van der Waals surface area contributed by atoms with Gasteiger partial charge in [-0.2, -0.15) is 0 Å². The summed E-state index contributed by atoms with van der Waals surface area (Å²) in [6, 6.07) is 40.6. The molecule has 0 fully saturated rings. The third kappa shape index (κ3) is 4.96. The maximum absolute atomic E-state index is 6.46. The van der Waals surface area contributed by atoms with Gasteiger partial charge in [0, 0.05) is 36.1 Å². The van der Waals surface area contributed by atoms with E-state index < -0.39 is 5.41 Å². The van der Waals surface area contributed by atoms with E-state index in [0.29, 0.717) is 0 Å². The van der Waals surface area contributed by atoms with Crippen molar-refractivity contribution < 1.29 is 0 Å². The molecule has 2 aliphatic carbocycles. The second kappa shape index (κ2) is 13.0. The van der Waals surface area contributed by atoms with Crippen LogP contribution < -0.4 is 16.8 Å². The molecule has 0 radical (unpaired) electrons. The van der Waals surface area contributed by atoms with Crippen LogP contribution in [-0.4, -0.2) is 10.7 Å². The standard InChI is InChI=1S/C45H36N4S2/c46-20-23-50-22-8-7-9-30(27-47)37-26-41-43(35-13-2-1-10-32(35)37)36-18-16-29(31-17-19-42(49-28-31)44-48-21-24-51-44)25-40(36)45(41)38-14-5-3-11-33(38)34-12-4-6-15-39(34)45/h1-7,9-21,23-28,44,48H,8,22,46-47H2/b9-7-,23-20-,30-27+. The van der Waals surface area contributed by atoms with E-state index in [1.165, 1.54) is 55.3 Å². The van der Waals surface area contributed by atoms with Crippen LogP contribution in [0.3, 0.4) is 0 Å². The molecule has 0 bridgehead atoms. The van der Waals surface area contributed by atoms with Gasteiger partial charge in [0.05, 0.1) is 11.1 Å². The van der Waals surface area contributed by atoms with Crippen LogP contribution in [0.1, 0.15) is 45.3 Å². The molecule has 0 saturated carbocycles. The molecule has 6 heteroatoms. The molecule has 9 rings (SSSR count). The quantitative estimate of drug-likeness (QED) is 0.108. The maximum Gasteiger partial charge on any atom is 0.119 e. The van der Waals surface area contributed by atoms with E-state index >= 15 is 0 Å². The van der Waals surface area contributed by atoms with Gasteiger partial charge in [0.25, 0.3) is 0 Å². The number of hydrogen-bond acceptors (Lipinski definition) is 6. The molecule has 0 amide bonds. The summed E-state index contributed by atoms with van der Waals surface area (Å²) in [5.41, 5.74) is 27.3. The summed E-state index contributed by atoms with van der Waals surface area (Å²) >= 11 is 3.45. The van der Waals surface area contributed by atoms with Gasteiger partial charge in [0.2, 0.25) is 0 Å². The second-order valence-corrected chi connectivity index (χ2v) is 15.0. The number of nitrogens with one attached hydrogen (secondary N) is 1. The Hall–Kier alpha value is -5.43. The van der Waals surface area contributed by atoms with Crippen molar-refractivity contribution in [2.45, 2.75) is 17.2 Å². The molecule has 3 aliphatic rings. The van der Waals surface area contributed by atoms with Gasteiger partial charge in [-0.05, 0) is 107 Å². The Bertz CT molecular complexity index is 2390. The van der Waals surface area contributed by atoms with Gasteiger partial charge in [-0.1, -0.05) is 103 Å². The summed E-state index contributed by atoms with van der Waals surface area (Å²) in [5.74, 6) is 0.952. The zero-order chi connectivity index (χ0) is 34.4. The SMILES string of the molecule is N/C=C\SCC/C=C\C(=C/N)c1cc2c(c3ccccc13)-c1ccc(-c3ccc(C4NC=CS4)nc3)cc1C21c2ccccc2-c2ccccc21. The van der Waals surface area contributed by atoms with Crippen LogP contribution in [0.5, 0.6) is 0 Å². The number of hydrogen-bond donors (Lipinski definition) is 3. The average Bonchev–Trinajstić information content (AvgIpc) is 3.90. The van der Waals surface area contributed by atoms with Gasteiger partial charge < -0.3 is 16.8 Å². The maximum atomic E-state index is 6.46. The molecule has 51 heavy (non-hydrogen) atoms. The number of allylic oxidation sites excluding steroid dienone is 3. The fraction of sp³-hybridized carbons (Fsp3) is 0.0889. The molecule has 5 N–H and O–H groups in total. The normalized spacial score (nSPS) is 16.5. The number of nitrogens with zero attached hydrogens (tertiary/aromatic N) is 1. The number of nitrogens with two attached hydrogens (primary N) is 2. The predicted octanol–water partition coefficient (Wildman–Crippen LogP) is 10.5. The first-order chi connectivity index (χ1) is 25.2. The van der Waals surface area contributed by atoms with E-state index in [2.05, 4.69) is 132 Å². The fourth-order valence-corrected chi connectivity index (χ4v) is 9.56. The van der Waals surface area contributed by atoms with E-state index in [-0.39, 0.29) is 5.37 Å². The van der Waals surface area contributed by atoms with Crippen LogP contribution in [0, 0.1) is 0 Å². The predicted molar refractivity (Wildman–Crippen MR) is 218 cm³/mol. The number of benzene rings is 5. The van der Waals surface area contributed by atoms with E-state index in [0.717, 1.165) is 40.1 Å². The van der Waals surface area contributed by atoms with Crippen LogP contribution in [0.25, 0.3) is 49.7 Å². The molecule has 1 spiro atoms. The van der Waals surface area contributed by atoms with Crippen LogP contribution >= 0.6 is 23.5 Å². The van der Waals surface area contributed by atoms with Crippen molar-refractivity contribution in [3.63, 3.8) is 0 Å². The lowest BCUT2D eigenvalue weighted by Gasteiger charge is -2.31. The van der Waals surface area contributed by atoms with Crippen LogP contribution in [0.4, 0.5) is 0 Å². The topological polar surface area (TPSA) is 77.0 Å². The largest absolute Gasteiger partial charge is 0.404 e. The van der Waals surface area contributed by atoms with Gasteiger partial charge in [-0.25, -0.2) is 0 Å². The molecule has 5 aromatic carbocycles. The number of pyridine rings is 1. The van der Waals surface area contributed by atoms with Crippen molar-refractivity contribution in [2.75, 3.05) is 5.75 Å². The third-order valence-electron chi connectivity index (χ3n) is 10.4. The highest BCUT2D eigenvalue weighted by atomic mass is 32.2. The van der Waals surface area contributed by atoms with Crippen LogP contribution in [-0.2, 0) is 5.41 Å². The van der Waals surface area contributed by atoms with Crippen molar-refractivity contribution in [1.29, 1.82) is 0 Å². The van der Waals surface area contributed by atoms with Crippen molar-refractivity contribution in [1.82, 2.24) is 10.3 Å². The first-order valence-electron chi connectivity index (χ1n) is 17.2. The van der Waals surface area contributed by atoms with E-state index in [9.17, 15) is 0 Å². The second-order valence-electron chi connectivity index (χ2n) is 13.0. The molecule has 1 atom stereocenters. The summed E-state index contributed by atoms with van der Waals surface area (Å²) in [6.07, 6.45) is 12.7. The van der Waals surface area contributed by atoms with Crippen LogP contribution in [0.15, 0.2) is 157 Å². The van der Waals surface area contributed by atoms with E-state index in [4.69, 9.17) is 16.5 Å². The van der Waals surface area contributed by atoms with E-state index in [1.807, 2.05) is 17.8 Å². The molecule has 1 unspecified atom stereocenters. The third-order valence-corrected chi connectivity index (χ3v) is 12.1. The van der Waals surface area contributed by atoms with E-state index in [1.54, 1.807) is 35.9 Å². The van der Waals surface area contributed by atoms with Gasteiger partial charge >= 0.3 is 0 Å². The first-order valence-corrected chi connectivity index (χ1v) is 19.2. The highest BCUT2D eigenvalue weighted by Gasteiger charge is 2.52. The van der Waals surface area contributed by atoms with Crippen molar-refractivity contribution in [3.05, 3.63) is 190 Å². The van der Waals surface area contributed by atoms with Crippen LogP contribution in [0.2, 0.25) is 0 Å². The van der Waals surface area contributed by atoms with Gasteiger partial charge in [0.15, 0.2) is 0 Å². The fourth-order valence-electron chi connectivity index (χ4n) is 8.29. The number of aromatic nitrogens is 1. The number of rotatable bonds is 8. The summed E-state index contributed by atoms with van der Waals surface area (Å²) in [7, 11) is 0. The molecular formula is C45H36N4S2. The highest BCUT2D eigenvalue weighted by Crippen LogP contribution is 2.64.